The predicted molar refractivity (Wildman–Crippen MR) is 79.5 cm³/mol. The van der Waals surface area contributed by atoms with Gasteiger partial charge in [0.2, 0.25) is 10.0 Å². The Bertz CT molecular complexity index is 557. The van der Waals surface area contributed by atoms with E-state index >= 15 is 0 Å². The van der Waals surface area contributed by atoms with Crippen molar-refractivity contribution in [1.82, 2.24) is 9.62 Å². The maximum Gasteiger partial charge on any atom is 0.247 e. The Labute approximate surface area is 127 Å². The van der Waals surface area contributed by atoms with Crippen molar-refractivity contribution in [3.8, 4) is 0 Å². The maximum atomic E-state index is 13.9. The lowest BCUT2D eigenvalue weighted by Gasteiger charge is -2.32. The standard InChI is InChI=1S/C13H18BrFN2O2S/c1-16-8-10-4-3-7-17(9-10)20(18,19)13-11(14)5-2-6-12(13)15/h2,5-6,10,16H,3-4,7-9H2,1H3/t10-/m0/s1. The van der Waals surface area contributed by atoms with Crippen LogP contribution in [0.15, 0.2) is 27.6 Å². The van der Waals surface area contributed by atoms with Gasteiger partial charge in [-0.15, -0.1) is 0 Å². The molecule has 1 aromatic carbocycles. The second-order valence-electron chi connectivity index (χ2n) is 4.98. The molecule has 7 heteroatoms. The molecule has 2 rings (SSSR count). The number of benzene rings is 1. The number of hydrogen-bond donors (Lipinski definition) is 1. The summed E-state index contributed by atoms with van der Waals surface area (Å²) in [7, 11) is -1.94. The van der Waals surface area contributed by atoms with Gasteiger partial charge in [-0.2, -0.15) is 4.31 Å². The Hall–Kier alpha value is -0.500. The van der Waals surface area contributed by atoms with Crippen molar-refractivity contribution >= 4 is 26.0 Å². The molecule has 1 fully saturated rings. The number of rotatable bonds is 4. The lowest BCUT2D eigenvalue weighted by molar-refractivity contribution is 0.262. The number of halogens is 2. The van der Waals surface area contributed by atoms with Crippen LogP contribution in [-0.2, 0) is 10.0 Å². The van der Waals surface area contributed by atoms with E-state index in [0.717, 1.165) is 19.4 Å². The highest BCUT2D eigenvalue weighted by atomic mass is 79.9. The quantitative estimate of drug-likeness (QED) is 0.890. The zero-order valence-electron chi connectivity index (χ0n) is 11.3. The second-order valence-corrected chi connectivity index (χ2v) is 7.71. The molecule has 0 unspecified atom stereocenters. The summed E-state index contributed by atoms with van der Waals surface area (Å²) in [5, 5.41) is 3.07. The van der Waals surface area contributed by atoms with Gasteiger partial charge in [-0.25, -0.2) is 12.8 Å². The summed E-state index contributed by atoms with van der Waals surface area (Å²) in [5.74, 6) is -0.441. The fraction of sp³-hybridized carbons (Fsp3) is 0.538. The number of sulfonamides is 1. The minimum absolute atomic E-state index is 0.259. The first-order valence-corrected chi connectivity index (χ1v) is 8.79. The average molecular weight is 365 g/mol. The van der Waals surface area contributed by atoms with Crippen LogP contribution in [0.5, 0.6) is 0 Å². The molecule has 1 saturated heterocycles. The summed E-state index contributed by atoms with van der Waals surface area (Å²) in [6, 6.07) is 4.20. The zero-order valence-corrected chi connectivity index (χ0v) is 13.7. The van der Waals surface area contributed by atoms with E-state index in [4.69, 9.17) is 0 Å². The smallest absolute Gasteiger partial charge is 0.247 e. The van der Waals surface area contributed by atoms with Crippen LogP contribution in [0, 0.1) is 11.7 Å². The number of piperidine rings is 1. The monoisotopic (exact) mass is 364 g/mol. The minimum Gasteiger partial charge on any atom is -0.319 e. The molecule has 0 aromatic heterocycles. The predicted octanol–water partition coefficient (Wildman–Crippen LogP) is 2.21. The van der Waals surface area contributed by atoms with E-state index in [9.17, 15) is 12.8 Å². The number of hydrogen-bond acceptors (Lipinski definition) is 3. The summed E-state index contributed by atoms with van der Waals surface area (Å²) in [4.78, 5) is -0.259. The molecule has 1 aromatic rings. The van der Waals surface area contributed by atoms with E-state index in [-0.39, 0.29) is 15.3 Å². The number of nitrogens with one attached hydrogen (secondary N) is 1. The first-order valence-electron chi connectivity index (χ1n) is 6.55. The molecule has 1 N–H and O–H groups in total. The van der Waals surface area contributed by atoms with Gasteiger partial charge < -0.3 is 5.32 Å². The van der Waals surface area contributed by atoms with Gasteiger partial charge in [0.05, 0.1) is 0 Å². The van der Waals surface area contributed by atoms with Gasteiger partial charge in [0.1, 0.15) is 10.7 Å². The van der Waals surface area contributed by atoms with Crippen LogP contribution in [0.3, 0.4) is 0 Å². The largest absolute Gasteiger partial charge is 0.319 e. The van der Waals surface area contributed by atoms with Crippen molar-refractivity contribution in [2.45, 2.75) is 17.7 Å². The highest BCUT2D eigenvalue weighted by molar-refractivity contribution is 9.10. The molecular formula is C13H18BrFN2O2S. The maximum absolute atomic E-state index is 13.9. The Morgan fingerprint density at radius 2 is 2.25 bits per heavy atom. The molecule has 20 heavy (non-hydrogen) atoms. The van der Waals surface area contributed by atoms with Gasteiger partial charge in [-0.05, 0) is 60.4 Å². The second kappa shape index (κ2) is 6.51. The third-order valence-electron chi connectivity index (χ3n) is 3.49. The van der Waals surface area contributed by atoms with E-state index in [1.165, 1.54) is 16.4 Å². The molecule has 0 radical (unpaired) electrons. The topological polar surface area (TPSA) is 49.4 Å². The molecule has 0 spiro atoms. The third kappa shape index (κ3) is 3.21. The molecule has 1 atom stereocenters. The fourth-order valence-corrected chi connectivity index (χ4v) is 5.18. The van der Waals surface area contributed by atoms with Gasteiger partial charge in [-0.1, -0.05) is 6.07 Å². The highest BCUT2D eigenvalue weighted by Gasteiger charge is 2.33. The van der Waals surface area contributed by atoms with Crippen molar-refractivity contribution < 1.29 is 12.8 Å². The van der Waals surface area contributed by atoms with Gasteiger partial charge in [0, 0.05) is 17.6 Å². The normalized spacial score (nSPS) is 21.1. The summed E-state index contributed by atoms with van der Waals surface area (Å²) in [6.07, 6.45) is 1.79. The highest BCUT2D eigenvalue weighted by Crippen LogP contribution is 2.30. The van der Waals surface area contributed by atoms with Gasteiger partial charge in [-0.3, -0.25) is 0 Å². The summed E-state index contributed by atoms with van der Waals surface area (Å²) >= 11 is 3.14. The van der Waals surface area contributed by atoms with Crippen LogP contribution < -0.4 is 5.32 Å². The average Bonchev–Trinajstić information content (AvgIpc) is 2.39. The first-order chi connectivity index (χ1) is 9.46. The SMILES string of the molecule is CNC[C@@H]1CCCN(S(=O)(=O)c2c(F)cccc2Br)C1. The Morgan fingerprint density at radius 1 is 1.50 bits per heavy atom. The lowest BCUT2D eigenvalue weighted by Crippen LogP contribution is -2.42. The van der Waals surface area contributed by atoms with E-state index in [1.54, 1.807) is 6.07 Å². The van der Waals surface area contributed by atoms with Crippen LogP contribution in [0.25, 0.3) is 0 Å². The molecule has 0 saturated carbocycles. The molecule has 1 heterocycles. The van der Waals surface area contributed by atoms with Crippen LogP contribution in [0.4, 0.5) is 4.39 Å². The van der Waals surface area contributed by atoms with Crippen molar-refractivity contribution in [3.63, 3.8) is 0 Å². The molecule has 112 valence electrons. The molecule has 0 aliphatic carbocycles. The van der Waals surface area contributed by atoms with Crippen LogP contribution in [0.2, 0.25) is 0 Å². The van der Waals surface area contributed by atoms with Gasteiger partial charge in [0.15, 0.2) is 0 Å². The van der Waals surface area contributed by atoms with Crippen molar-refractivity contribution in [2.24, 2.45) is 5.92 Å². The Kier molecular flexibility index (Phi) is 5.17. The first kappa shape index (κ1) is 15.9. The van der Waals surface area contributed by atoms with E-state index in [1.807, 2.05) is 7.05 Å². The molecule has 4 nitrogen and oxygen atoms in total. The Morgan fingerprint density at radius 3 is 2.90 bits per heavy atom. The molecular weight excluding hydrogens is 347 g/mol. The minimum atomic E-state index is -3.79. The molecule has 1 aliphatic heterocycles. The van der Waals surface area contributed by atoms with E-state index < -0.39 is 15.8 Å². The van der Waals surface area contributed by atoms with E-state index in [0.29, 0.717) is 13.1 Å². The third-order valence-corrected chi connectivity index (χ3v) is 6.36. The zero-order chi connectivity index (χ0) is 14.8. The number of nitrogens with zero attached hydrogens (tertiary/aromatic N) is 1. The molecule has 0 amide bonds. The lowest BCUT2D eigenvalue weighted by atomic mass is 10.00. The Balaban J connectivity index is 2.30. The van der Waals surface area contributed by atoms with Gasteiger partial charge >= 0.3 is 0 Å². The summed E-state index contributed by atoms with van der Waals surface area (Å²) < 4.78 is 40.8. The van der Waals surface area contributed by atoms with Crippen molar-refractivity contribution in [2.75, 3.05) is 26.7 Å². The summed E-state index contributed by atoms with van der Waals surface area (Å²) in [6.45, 7) is 1.65. The van der Waals surface area contributed by atoms with Crippen molar-refractivity contribution in [1.29, 1.82) is 0 Å². The van der Waals surface area contributed by atoms with Crippen LogP contribution in [0.1, 0.15) is 12.8 Å². The van der Waals surface area contributed by atoms with E-state index in [2.05, 4.69) is 21.2 Å². The molecule has 1 aliphatic rings. The van der Waals surface area contributed by atoms with Crippen molar-refractivity contribution in [3.05, 3.63) is 28.5 Å². The molecule has 0 bridgehead atoms. The van der Waals surface area contributed by atoms with Crippen LogP contribution in [-0.4, -0.2) is 39.4 Å². The van der Waals surface area contributed by atoms with Gasteiger partial charge in [0.25, 0.3) is 0 Å². The van der Waals surface area contributed by atoms with Crippen LogP contribution >= 0.6 is 15.9 Å². The summed E-state index contributed by atoms with van der Waals surface area (Å²) in [5.41, 5.74) is 0. The fourth-order valence-electron chi connectivity index (χ4n) is 2.56.